The quantitative estimate of drug-likeness (QED) is 0.367. The minimum absolute atomic E-state index is 0.0612. The molecule has 7 heteroatoms. The van der Waals surface area contributed by atoms with Crippen molar-refractivity contribution in [3.63, 3.8) is 0 Å². The van der Waals surface area contributed by atoms with Crippen LogP contribution in [0.15, 0.2) is 12.3 Å². The van der Waals surface area contributed by atoms with Crippen LogP contribution in [-0.4, -0.2) is 22.5 Å². The minimum atomic E-state index is -0.659. The Hall–Kier alpha value is -1.69. The van der Waals surface area contributed by atoms with Crippen molar-refractivity contribution in [2.45, 2.75) is 25.7 Å². The standard InChI is InChI=1S/C12H13ClN2O4/c13-11-10(5-9(6-14-11)15(17)18)12(16)19-7-8-3-1-2-4-8/h5-6,8H,1-4,7H2. The molecule has 1 aliphatic rings. The Morgan fingerprint density at radius 1 is 1.53 bits per heavy atom. The summed E-state index contributed by atoms with van der Waals surface area (Å²) in [5.41, 5.74) is -0.342. The molecule has 0 atom stereocenters. The van der Waals surface area contributed by atoms with Gasteiger partial charge in [0, 0.05) is 6.07 Å². The molecule has 1 aromatic rings. The van der Waals surface area contributed by atoms with Gasteiger partial charge in [0.2, 0.25) is 0 Å². The van der Waals surface area contributed by atoms with E-state index in [1.807, 2.05) is 0 Å². The van der Waals surface area contributed by atoms with Gasteiger partial charge in [0.1, 0.15) is 16.9 Å². The number of aromatic nitrogens is 1. The van der Waals surface area contributed by atoms with Crippen LogP contribution in [0, 0.1) is 16.0 Å². The summed E-state index contributed by atoms with van der Waals surface area (Å²) in [5.74, 6) is -0.275. The number of carbonyl (C=O) groups is 1. The SMILES string of the molecule is O=C(OCC1CCCC1)c1cc([N+](=O)[O-])cnc1Cl. The van der Waals surface area contributed by atoms with Gasteiger partial charge >= 0.3 is 5.97 Å². The van der Waals surface area contributed by atoms with E-state index in [1.165, 1.54) is 0 Å². The number of pyridine rings is 1. The van der Waals surface area contributed by atoms with E-state index >= 15 is 0 Å². The number of esters is 1. The summed E-state index contributed by atoms with van der Waals surface area (Å²) >= 11 is 5.76. The molecule has 102 valence electrons. The topological polar surface area (TPSA) is 82.3 Å². The van der Waals surface area contributed by atoms with Gasteiger partial charge < -0.3 is 4.74 Å². The molecule has 1 saturated carbocycles. The van der Waals surface area contributed by atoms with Crippen LogP contribution in [0.1, 0.15) is 36.0 Å². The number of hydrogen-bond donors (Lipinski definition) is 0. The number of nitro groups is 1. The van der Waals surface area contributed by atoms with E-state index in [2.05, 4.69) is 4.98 Å². The maximum Gasteiger partial charge on any atom is 0.341 e. The summed E-state index contributed by atoms with van der Waals surface area (Å²) in [5, 5.41) is 10.5. The second-order valence-corrected chi connectivity index (χ2v) is 4.90. The summed E-state index contributed by atoms with van der Waals surface area (Å²) in [6.45, 7) is 0.331. The van der Waals surface area contributed by atoms with Crippen molar-refractivity contribution in [2.75, 3.05) is 6.61 Å². The van der Waals surface area contributed by atoms with Crippen molar-refractivity contribution >= 4 is 23.3 Å². The molecular weight excluding hydrogens is 272 g/mol. The second kappa shape index (κ2) is 5.97. The first-order valence-corrected chi connectivity index (χ1v) is 6.43. The third kappa shape index (κ3) is 3.41. The first kappa shape index (κ1) is 13.7. The maximum atomic E-state index is 11.8. The normalized spacial score (nSPS) is 15.4. The van der Waals surface area contributed by atoms with Gasteiger partial charge in [0.25, 0.3) is 5.69 Å². The lowest BCUT2D eigenvalue weighted by molar-refractivity contribution is -0.385. The lowest BCUT2D eigenvalue weighted by Gasteiger charge is -2.10. The molecule has 1 aliphatic carbocycles. The lowest BCUT2D eigenvalue weighted by atomic mass is 10.1. The molecule has 0 bridgehead atoms. The Bertz CT molecular complexity index is 501. The molecule has 1 fully saturated rings. The number of rotatable bonds is 4. The monoisotopic (exact) mass is 284 g/mol. The molecule has 0 N–H and O–H groups in total. The van der Waals surface area contributed by atoms with Gasteiger partial charge in [-0.05, 0) is 18.8 Å². The van der Waals surface area contributed by atoms with Crippen molar-refractivity contribution in [1.82, 2.24) is 4.98 Å². The molecule has 19 heavy (non-hydrogen) atoms. The van der Waals surface area contributed by atoms with Gasteiger partial charge in [-0.1, -0.05) is 24.4 Å². The second-order valence-electron chi connectivity index (χ2n) is 4.54. The number of carbonyl (C=O) groups excluding carboxylic acids is 1. The van der Waals surface area contributed by atoms with E-state index in [0.29, 0.717) is 12.5 Å². The number of ether oxygens (including phenoxy) is 1. The van der Waals surface area contributed by atoms with Gasteiger partial charge in [0.15, 0.2) is 0 Å². The van der Waals surface area contributed by atoms with Gasteiger partial charge in [-0.3, -0.25) is 10.1 Å². The predicted octanol–water partition coefficient (Wildman–Crippen LogP) is 2.99. The van der Waals surface area contributed by atoms with E-state index in [0.717, 1.165) is 37.9 Å². The molecule has 0 aliphatic heterocycles. The molecule has 0 spiro atoms. The van der Waals surface area contributed by atoms with E-state index in [1.54, 1.807) is 0 Å². The first-order valence-electron chi connectivity index (χ1n) is 6.05. The zero-order chi connectivity index (χ0) is 13.8. The summed E-state index contributed by atoms with van der Waals surface area (Å²) in [6.07, 6.45) is 5.42. The van der Waals surface area contributed by atoms with Gasteiger partial charge in [-0.2, -0.15) is 0 Å². The molecule has 0 amide bonds. The van der Waals surface area contributed by atoms with E-state index < -0.39 is 10.9 Å². The molecule has 0 unspecified atom stereocenters. The van der Waals surface area contributed by atoms with Gasteiger partial charge in [-0.15, -0.1) is 0 Å². The fourth-order valence-electron chi connectivity index (χ4n) is 2.13. The van der Waals surface area contributed by atoms with Crippen LogP contribution >= 0.6 is 11.6 Å². The molecule has 0 saturated heterocycles. The van der Waals surface area contributed by atoms with Crippen LogP contribution < -0.4 is 0 Å². The Kier molecular flexibility index (Phi) is 4.31. The van der Waals surface area contributed by atoms with Crippen molar-refractivity contribution in [3.8, 4) is 0 Å². The smallest absolute Gasteiger partial charge is 0.341 e. The first-order chi connectivity index (χ1) is 9.08. The van der Waals surface area contributed by atoms with Crippen LogP contribution in [-0.2, 0) is 4.74 Å². The average Bonchev–Trinajstić information content (AvgIpc) is 2.89. The summed E-state index contributed by atoms with van der Waals surface area (Å²) in [4.78, 5) is 25.4. The van der Waals surface area contributed by atoms with Crippen LogP contribution in [0.4, 0.5) is 5.69 Å². The van der Waals surface area contributed by atoms with Gasteiger partial charge in [-0.25, -0.2) is 9.78 Å². The number of nitrogens with zero attached hydrogens (tertiary/aromatic N) is 2. The van der Waals surface area contributed by atoms with E-state index in [-0.39, 0.29) is 16.4 Å². The zero-order valence-electron chi connectivity index (χ0n) is 10.2. The van der Waals surface area contributed by atoms with Crippen LogP contribution in [0.5, 0.6) is 0 Å². The largest absolute Gasteiger partial charge is 0.462 e. The Balaban J connectivity index is 2.04. The fraction of sp³-hybridized carbons (Fsp3) is 0.500. The highest BCUT2D eigenvalue weighted by atomic mass is 35.5. The highest BCUT2D eigenvalue weighted by Gasteiger charge is 2.21. The number of halogens is 1. The Labute approximate surface area is 114 Å². The minimum Gasteiger partial charge on any atom is -0.462 e. The summed E-state index contributed by atoms with van der Waals surface area (Å²) in [7, 11) is 0. The molecule has 2 rings (SSSR count). The van der Waals surface area contributed by atoms with Crippen molar-refractivity contribution in [2.24, 2.45) is 5.92 Å². The van der Waals surface area contributed by atoms with E-state index in [9.17, 15) is 14.9 Å². The Morgan fingerprint density at radius 2 is 2.21 bits per heavy atom. The number of hydrogen-bond acceptors (Lipinski definition) is 5. The summed E-state index contributed by atoms with van der Waals surface area (Å²) in [6, 6.07) is 1.09. The van der Waals surface area contributed by atoms with Crippen LogP contribution in [0.3, 0.4) is 0 Å². The van der Waals surface area contributed by atoms with Crippen molar-refractivity contribution < 1.29 is 14.5 Å². The highest BCUT2D eigenvalue weighted by Crippen LogP contribution is 2.26. The predicted molar refractivity (Wildman–Crippen MR) is 68.1 cm³/mol. The molecule has 0 radical (unpaired) electrons. The third-order valence-corrected chi connectivity index (χ3v) is 3.48. The fourth-order valence-corrected chi connectivity index (χ4v) is 2.31. The molecule has 0 aromatic carbocycles. The van der Waals surface area contributed by atoms with E-state index in [4.69, 9.17) is 16.3 Å². The van der Waals surface area contributed by atoms with Crippen LogP contribution in [0.25, 0.3) is 0 Å². The van der Waals surface area contributed by atoms with Crippen molar-refractivity contribution in [3.05, 3.63) is 33.1 Å². The molecule has 1 heterocycles. The maximum absolute atomic E-state index is 11.8. The molecule has 1 aromatic heterocycles. The van der Waals surface area contributed by atoms with Crippen molar-refractivity contribution in [1.29, 1.82) is 0 Å². The zero-order valence-corrected chi connectivity index (χ0v) is 10.9. The summed E-state index contributed by atoms with van der Waals surface area (Å²) < 4.78 is 5.14. The highest BCUT2D eigenvalue weighted by molar-refractivity contribution is 6.32. The lowest BCUT2D eigenvalue weighted by Crippen LogP contribution is -2.13. The molecular formula is C12H13ClN2O4. The average molecular weight is 285 g/mol. The van der Waals surface area contributed by atoms with Gasteiger partial charge in [0.05, 0.1) is 11.5 Å². The molecule has 6 nitrogen and oxygen atoms in total. The Morgan fingerprint density at radius 3 is 2.84 bits per heavy atom. The third-order valence-electron chi connectivity index (χ3n) is 3.18. The van der Waals surface area contributed by atoms with Crippen LogP contribution in [0.2, 0.25) is 5.15 Å².